The van der Waals surface area contributed by atoms with Crippen molar-refractivity contribution in [3.63, 3.8) is 0 Å². The van der Waals surface area contributed by atoms with Gasteiger partial charge in [-0.3, -0.25) is 9.78 Å². The Hall–Kier alpha value is -3.54. The molecular weight excluding hydrogens is 403 g/mol. The summed E-state index contributed by atoms with van der Waals surface area (Å²) in [5.41, 5.74) is 6.01. The number of amides is 1. The van der Waals surface area contributed by atoms with Gasteiger partial charge >= 0.3 is 0 Å². The van der Waals surface area contributed by atoms with Crippen molar-refractivity contribution in [3.05, 3.63) is 94.8 Å². The summed E-state index contributed by atoms with van der Waals surface area (Å²) < 4.78 is 15.4. The van der Waals surface area contributed by atoms with Gasteiger partial charge in [0.1, 0.15) is 17.7 Å². The number of nitrogens with zero attached hydrogens (tertiary/aromatic N) is 3. The van der Waals surface area contributed by atoms with Crippen LogP contribution in [0.3, 0.4) is 0 Å². The number of carbonyl (C=O) groups excluding carboxylic acids is 1. The second-order valence-electron chi connectivity index (χ2n) is 8.13. The van der Waals surface area contributed by atoms with Gasteiger partial charge < -0.3 is 9.88 Å². The average molecular weight is 431 g/mol. The Balaban J connectivity index is 1.72. The molecule has 2 aromatic heterocycles. The van der Waals surface area contributed by atoms with Gasteiger partial charge in [0.05, 0.1) is 11.0 Å². The number of aromatic nitrogens is 3. The molecule has 32 heavy (non-hydrogen) atoms. The van der Waals surface area contributed by atoms with E-state index in [-0.39, 0.29) is 11.7 Å². The Morgan fingerprint density at radius 3 is 2.53 bits per heavy atom. The number of rotatable bonds is 7. The Morgan fingerprint density at radius 2 is 1.84 bits per heavy atom. The first-order valence-corrected chi connectivity index (χ1v) is 10.9. The monoisotopic (exact) mass is 430 g/mol. The maximum absolute atomic E-state index is 13.4. The van der Waals surface area contributed by atoms with Crippen LogP contribution < -0.4 is 5.32 Å². The van der Waals surface area contributed by atoms with Crippen molar-refractivity contribution in [2.45, 2.75) is 46.2 Å². The highest BCUT2D eigenvalue weighted by Crippen LogP contribution is 2.28. The predicted molar refractivity (Wildman–Crippen MR) is 124 cm³/mol. The summed E-state index contributed by atoms with van der Waals surface area (Å²) >= 11 is 0. The van der Waals surface area contributed by atoms with Gasteiger partial charge in [0.15, 0.2) is 0 Å². The Morgan fingerprint density at radius 1 is 1.09 bits per heavy atom. The first-order valence-electron chi connectivity index (χ1n) is 10.9. The lowest BCUT2D eigenvalue weighted by Gasteiger charge is -2.20. The lowest BCUT2D eigenvalue weighted by molar-refractivity contribution is -0.124. The molecule has 1 unspecified atom stereocenters. The number of nitrogens with one attached hydrogen (secondary N) is 1. The molecule has 164 valence electrons. The van der Waals surface area contributed by atoms with Crippen molar-refractivity contribution in [2.75, 3.05) is 0 Å². The molecule has 1 N–H and O–H groups in total. The van der Waals surface area contributed by atoms with Gasteiger partial charge in [0, 0.05) is 25.4 Å². The number of benzene rings is 2. The maximum Gasteiger partial charge on any atom is 0.243 e. The molecule has 0 radical (unpaired) electrons. The molecular formula is C26H27FN4O. The van der Waals surface area contributed by atoms with Crippen LogP contribution in [0.5, 0.6) is 0 Å². The lowest BCUT2D eigenvalue weighted by Crippen LogP contribution is -2.32. The Labute approximate surface area is 187 Å². The second kappa shape index (κ2) is 9.30. The second-order valence-corrected chi connectivity index (χ2v) is 8.13. The van der Waals surface area contributed by atoms with E-state index >= 15 is 0 Å². The largest absolute Gasteiger partial charge is 0.350 e. The highest BCUT2D eigenvalue weighted by atomic mass is 19.1. The van der Waals surface area contributed by atoms with Crippen LogP contribution >= 0.6 is 0 Å². The predicted octanol–water partition coefficient (Wildman–Crippen LogP) is 5.05. The maximum atomic E-state index is 13.4. The third kappa shape index (κ3) is 4.54. The summed E-state index contributed by atoms with van der Waals surface area (Å²) in [5.74, 6) is 0.462. The summed E-state index contributed by atoms with van der Waals surface area (Å²) in [7, 11) is 0. The fourth-order valence-electron chi connectivity index (χ4n) is 3.95. The Bertz CT molecular complexity index is 1230. The van der Waals surface area contributed by atoms with Crippen molar-refractivity contribution in [3.8, 4) is 0 Å². The van der Waals surface area contributed by atoms with Crippen LogP contribution in [-0.4, -0.2) is 20.4 Å². The fraction of sp³-hybridized carbons (Fsp3) is 0.269. The number of halogens is 1. The summed E-state index contributed by atoms with van der Waals surface area (Å²) in [6.45, 7) is 6.55. The van der Waals surface area contributed by atoms with Crippen molar-refractivity contribution < 1.29 is 9.18 Å². The molecule has 0 saturated carbocycles. The number of aryl methyl sites for hydroxylation is 2. The van der Waals surface area contributed by atoms with E-state index < -0.39 is 6.04 Å². The normalized spacial score (nSPS) is 12.1. The van der Waals surface area contributed by atoms with Crippen LogP contribution in [-0.2, 0) is 17.8 Å². The number of imidazole rings is 1. The van der Waals surface area contributed by atoms with Gasteiger partial charge in [-0.1, -0.05) is 25.1 Å². The van der Waals surface area contributed by atoms with Crippen LogP contribution in [0.1, 0.15) is 47.5 Å². The number of hydrogen-bond acceptors (Lipinski definition) is 3. The molecule has 4 rings (SSSR count). The van der Waals surface area contributed by atoms with E-state index in [4.69, 9.17) is 4.98 Å². The average Bonchev–Trinajstić information content (AvgIpc) is 3.12. The van der Waals surface area contributed by atoms with E-state index in [0.717, 1.165) is 39.1 Å². The molecule has 0 saturated heterocycles. The molecule has 0 aliphatic heterocycles. The van der Waals surface area contributed by atoms with E-state index in [0.29, 0.717) is 19.4 Å². The summed E-state index contributed by atoms with van der Waals surface area (Å²) in [6, 6.07) is 14.0. The van der Waals surface area contributed by atoms with E-state index in [1.165, 1.54) is 12.1 Å². The van der Waals surface area contributed by atoms with Gasteiger partial charge in [-0.05, 0) is 72.9 Å². The van der Waals surface area contributed by atoms with Crippen LogP contribution in [0.25, 0.3) is 11.0 Å². The lowest BCUT2D eigenvalue weighted by atomic mass is 10.1. The van der Waals surface area contributed by atoms with E-state index in [1.54, 1.807) is 24.5 Å². The molecule has 0 bridgehead atoms. The third-order valence-electron chi connectivity index (χ3n) is 5.84. The fourth-order valence-corrected chi connectivity index (χ4v) is 3.95. The van der Waals surface area contributed by atoms with E-state index in [1.807, 2.05) is 23.6 Å². The number of pyridine rings is 1. The topological polar surface area (TPSA) is 59.8 Å². The zero-order chi connectivity index (χ0) is 22.7. The highest BCUT2D eigenvalue weighted by molar-refractivity contribution is 5.85. The summed E-state index contributed by atoms with van der Waals surface area (Å²) in [6.07, 6.45) is 4.59. The van der Waals surface area contributed by atoms with Crippen molar-refractivity contribution in [1.29, 1.82) is 0 Å². The van der Waals surface area contributed by atoms with Gasteiger partial charge in [0.25, 0.3) is 0 Å². The van der Waals surface area contributed by atoms with Gasteiger partial charge in [-0.15, -0.1) is 0 Å². The highest BCUT2D eigenvalue weighted by Gasteiger charge is 2.24. The molecule has 0 spiro atoms. The van der Waals surface area contributed by atoms with E-state index in [9.17, 15) is 9.18 Å². The smallest absolute Gasteiger partial charge is 0.243 e. The molecule has 0 aliphatic rings. The molecule has 5 nitrogen and oxygen atoms in total. The van der Waals surface area contributed by atoms with Crippen LogP contribution in [0, 0.1) is 19.7 Å². The molecule has 0 aliphatic carbocycles. The molecule has 1 atom stereocenters. The first-order chi connectivity index (χ1) is 15.5. The van der Waals surface area contributed by atoms with Crippen molar-refractivity contribution in [1.82, 2.24) is 19.9 Å². The van der Waals surface area contributed by atoms with Crippen molar-refractivity contribution in [2.24, 2.45) is 0 Å². The quantitative estimate of drug-likeness (QED) is 0.447. The number of hydrogen-bond donors (Lipinski definition) is 1. The first kappa shape index (κ1) is 21.7. The minimum Gasteiger partial charge on any atom is -0.350 e. The van der Waals surface area contributed by atoms with Crippen LogP contribution in [0.2, 0.25) is 0 Å². The zero-order valence-corrected chi connectivity index (χ0v) is 18.6. The molecule has 2 heterocycles. The van der Waals surface area contributed by atoms with Crippen molar-refractivity contribution >= 4 is 16.9 Å². The molecule has 1 amide bonds. The van der Waals surface area contributed by atoms with Crippen LogP contribution in [0.15, 0.2) is 60.9 Å². The number of fused-ring (bicyclic) bond motifs is 1. The zero-order valence-electron chi connectivity index (χ0n) is 18.6. The summed E-state index contributed by atoms with van der Waals surface area (Å²) in [5, 5.41) is 3.05. The van der Waals surface area contributed by atoms with Gasteiger partial charge in [0.2, 0.25) is 5.91 Å². The van der Waals surface area contributed by atoms with Gasteiger partial charge in [-0.25, -0.2) is 9.37 Å². The van der Waals surface area contributed by atoms with E-state index in [2.05, 4.69) is 36.3 Å². The molecule has 6 heteroatoms. The van der Waals surface area contributed by atoms with Crippen LogP contribution in [0.4, 0.5) is 4.39 Å². The number of carbonyl (C=O) groups is 1. The minimum atomic E-state index is -0.408. The SMILES string of the molecule is CCC(C(=O)NCc1cccnc1)n1c(Cc2ccc(F)cc2)nc2cc(C)c(C)cc21. The molecule has 0 fully saturated rings. The van der Waals surface area contributed by atoms with Gasteiger partial charge in [-0.2, -0.15) is 0 Å². The minimum absolute atomic E-state index is 0.0609. The third-order valence-corrected chi connectivity index (χ3v) is 5.84. The molecule has 2 aromatic carbocycles. The Kier molecular flexibility index (Phi) is 6.30. The standard InChI is InChI=1S/C26H27FN4O/c1-4-23(26(32)29-16-20-6-5-11-28-15-20)31-24-13-18(3)17(2)12-22(24)30-25(31)14-19-7-9-21(27)10-8-19/h5-13,15,23H,4,14,16H2,1-3H3,(H,29,32). The molecule has 4 aromatic rings. The summed E-state index contributed by atoms with van der Waals surface area (Å²) in [4.78, 5) is 22.3.